The number of nitrogens with zero attached hydrogens (tertiary/aromatic N) is 1. The second kappa shape index (κ2) is 5.70. The molecule has 0 saturated carbocycles. The molecule has 0 aliphatic rings. The Balaban J connectivity index is 2.66. The fourth-order valence-corrected chi connectivity index (χ4v) is 2.68. The van der Waals surface area contributed by atoms with Crippen LogP contribution in [0.3, 0.4) is 0 Å². The highest BCUT2D eigenvalue weighted by molar-refractivity contribution is 9.10. The molecular weight excluding hydrogens is 266 g/mol. The molecule has 1 unspecified atom stereocenters. The number of rotatable bonds is 5. The van der Waals surface area contributed by atoms with E-state index in [1.165, 1.54) is 0 Å². The maximum Gasteiger partial charge on any atom is 0.0920 e. The van der Waals surface area contributed by atoms with Crippen molar-refractivity contribution < 1.29 is 10.2 Å². The average molecular weight is 280 g/mol. The summed E-state index contributed by atoms with van der Waals surface area (Å²) in [6, 6.07) is 2.00. The third-order valence-electron chi connectivity index (χ3n) is 2.12. The van der Waals surface area contributed by atoms with E-state index in [2.05, 4.69) is 15.9 Å². The van der Waals surface area contributed by atoms with Gasteiger partial charge in [-0.05, 0) is 28.4 Å². The van der Waals surface area contributed by atoms with Crippen LogP contribution in [0.1, 0.15) is 6.42 Å². The van der Waals surface area contributed by atoms with Gasteiger partial charge in [0.1, 0.15) is 0 Å². The number of likely N-dealkylation sites (N-methyl/N-ethyl adjacent to an activating group) is 1. The number of halogens is 1. The molecule has 80 valence electrons. The molecule has 1 rings (SSSR count). The normalized spacial score (nSPS) is 12.9. The van der Waals surface area contributed by atoms with E-state index in [1.807, 2.05) is 23.4 Å². The van der Waals surface area contributed by atoms with Crippen molar-refractivity contribution in [1.82, 2.24) is 0 Å². The Kier molecular flexibility index (Phi) is 4.88. The second-order valence-electron chi connectivity index (χ2n) is 3.06. The van der Waals surface area contributed by atoms with Gasteiger partial charge in [-0.2, -0.15) is 0 Å². The van der Waals surface area contributed by atoms with Crippen LogP contribution in [0.5, 0.6) is 0 Å². The molecule has 0 aromatic carbocycles. The Morgan fingerprint density at radius 1 is 1.57 bits per heavy atom. The third kappa shape index (κ3) is 2.95. The van der Waals surface area contributed by atoms with Crippen molar-refractivity contribution in [3.63, 3.8) is 0 Å². The van der Waals surface area contributed by atoms with Crippen LogP contribution < -0.4 is 4.90 Å². The summed E-state index contributed by atoms with van der Waals surface area (Å²) in [6.45, 7) is 0.161. The van der Waals surface area contributed by atoms with Gasteiger partial charge < -0.3 is 15.1 Å². The number of hydrogen-bond acceptors (Lipinski definition) is 4. The van der Waals surface area contributed by atoms with Crippen LogP contribution in [0.4, 0.5) is 5.00 Å². The molecule has 1 heterocycles. The molecule has 0 saturated heterocycles. The number of hydrogen-bond donors (Lipinski definition) is 2. The van der Waals surface area contributed by atoms with Crippen LogP contribution >= 0.6 is 27.3 Å². The van der Waals surface area contributed by atoms with Crippen LogP contribution in [0.2, 0.25) is 0 Å². The number of aliphatic hydroxyl groups excluding tert-OH is 2. The highest BCUT2D eigenvalue weighted by atomic mass is 79.9. The summed E-state index contributed by atoms with van der Waals surface area (Å²) in [5.74, 6) is 0. The SMILES string of the molecule is CN(c1cc(Br)cs1)C(CO)CCO. The largest absolute Gasteiger partial charge is 0.396 e. The molecule has 3 nitrogen and oxygen atoms in total. The van der Waals surface area contributed by atoms with Crippen LogP contribution in [0.15, 0.2) is 15.9 Å². The van der Waals surface area contributed by atoms with E-state index >= 15 is 0 Å². The summed E-state index contributed by atoms with van der Waals surface area (Å²) in [4.78, 5) is 1.99. The van der Waals surface area contributed by atoms with Crippen molar-refractivity contribution in [2.45, 2.75) is 12.5 Å². The molecule has 0 aliphatic carbocycles. The summed E-state index contributed by atoms with van der Waals surface area (Å²) in [5.41, 5.74) is 0. The first kappa shape index (κ1) is 12.0. The Labute approximate surface area is 96.1 Å². The van der Waals surface area contributed by atoms with E-state index in [0.29, 0.717) is 6.42 Å². The maximum atomic E-state index is 9.14. The molecule has 5 heteroatoms. The fourth-order valence-electron chi connectivity index (χ4n) is 1.22. The van der Waals surface area contributed by atoms with E-state index in [4.69, 9.17) is 10.2 Å². The van der Waals surface area contributed by atoms with E-state index < -0.39 is 0 Å². The van der Waals surface area contributed by atoms with Crippen molar-refractivity contribution in [1.29, 1.82) is 0 Å². The van der Waals surface area contributed by atoms with Gasteiger partial charge in [0.05, 0.1) is 17.6 Å². The predicted octanol–water partition coefficient (Wildman–Crippen LogP) is 1.69. The van der Waals surface area contributed by atoms with Crippen LogP contribution in [0.25, 0.3) is 0 Å². The summed E-state index contributed by atoms with van der Waals surface area (Å²) in [6.07, 6.45) is 0.586. The number of thiophene rings is 1. The lowest BCUT2D eigenvalue weighted by Gasteiger charge is -2.26. The lowest BCUT2D eigenvalue weighted by atomic mass is 10.2. The van der Waals surface area contributed by atoms with Gasteiger partial charge in [0.15, 0.2) is 0 Å². The third-order valence-corrected chi connectivity index (χ3v) is 3.90. The summed E-state index contributed by atoms with van der Waals surface area (Å²) in [5, 5.41) is 21.0. The molecule has 0 fully saturated rings. The Morgan fingerprint density at radius 2 is 2.29 bits per heavy atom. The van der Waals surface area contributed by atoms with Crippen molar-refractivity contribution in [2.24, 2.45) is 0 Å². The Morgan fingerprint density at radius 3 is 2.71 bits per heavy atom. The second-order valence-corrected chi connectivity index (χ2v) is 4.87. The van der Waals surface area contributed by atoms with Gasteiger partial charge in [-0.3, -0.25) is 0 Å². The van der Waals surface area contributed by atoms with Gasteiger partial charge in [0.25, 0.3) is 0 Å². The smallest absolute Gasteiger partial charge is 0.0920 e. The standard InChI is InChI=1S/C9H14BrNO2S/c1-11(8(5-13)2-3-12)9-4-7(10)6-14-9/h4,6,8,12-13H,2-3,5H2,1H3. The summed E-state index contributed by atoms with van der Waals surface area (Å²) < 4.78 is 1.05. The highest BCUT2D eigenvalue weighted by Crippen LogP contribution is 2.28. The molecule has 0 radical (unpaired) electrons. The van der Waals surface area contributed by atoms with Crippen molar-refractivity contribution >= 4 is 32.3 Å². The topological polar surface area (TPSA) is 43.7 Å². The molecule has 2 N–H and O–H groups in total. The molecule has 0 spiro atoms. The van der Waals surface area contributed by atoms with Gasteiger partial charge in [0, 0.05) is 23.5 Å². The molecule has 0 bridgehead atoms. The van der Waals surface area contributed by atoms with E-state index in [-0.39, 0.29) is 19.3 Å². The molecular formula is C9H14BrNO2S. The van der Waals surface area contributed by atoms with Crippen LogP contribution in [0, 0.1) is 0 Å². The van der Waals surface area contributed by atoms with Gasteiger partial charge in [-0.1, -0.05) is 0 Å². The van der Waals surface area contributed by atoms with E-state index in [0.717, 1.165) is 9.47 Å². The molecule has 1 aromatic heterocycles. The van der Waals surface area contributed by atoms with Gasteiger partial charge in [-0.15, -0.1) is 11.3 Å². The molecule has 1 atom stereocenters. The van der Waals surface area contributed by atoms with E-state index in [1.54, 1.807) is 11.3 Å². The average Bonchev–Trinajstić information content (AvgIpc) is 2.60. The minimum absolute atomic E-state index is 0.00875. The van der Waals surface area contributed by atoms with E-state index in [9.17, 15) is 0 Å². The van der Waals surface area contributed by atoms with Crippen molar-refractivity contribution in [2.75, 3.05) is 25.2 Å². The van der Waals surface area contributed by atoms with Crippen LogP contribution in [-0.2, 0) is 0 Å². The number of anilines is 1. The van der Waals surface area contributed by atoms with Crippen molar-refractivity contribution in [3.8, 4) is 0 Å². The first-order valence-corrected chi connectivity index (χ1v) is 6.05. The zero-order chi connectivity index (χ0) is 10.6. The summed E-state index contributed by atoms with van der Waals surface area (Å²) in [7, 11) is 1.93. The lowest BCUT2D eigenvalue weighted by Crippen LogP contribution is -2.34. The Bertz CT molecular complexity index is 280. The summed E-state index contributed by atoms with van der Waals surface area (Å²) >= 11 is 5.00. The molecule has 0 amide bonds. The fraction of sp³-hybridized carbons (Fsp3) is 0.556. The highest BCUT2D eigenvalue weighted by Gasteiger charge is 2.14. The quantitative estimate of drug-likeness (QED) is 0.862. The monoisotopic (exact) mass is 279 g/mol. The number of aliphatic hydroxyl groups is 2. The zero-order valence-corrected chi connectivity index (χ0v) is 10.4. The predicted molar refractivity (Wildman–Crippen MR) is 63.0 cm³/mol. The molecule has 1 aromatic rings. The minimum atomic E-state index is -0.00875. The minimum Gasteiger partial charge on any atom is -0.396 e. The van der Waals surface area contributed by atoms with Gasteiger partial charge >= 0.3 is 0 Å². The van der Waals surface area contributed by atoms with Gasteiger partial charge in [0.2, 0.25) is 0 Å². The van der Waals surface area contributed by atoms with Gasteiger partial charge in [-0.25, -0.2) is 0 Å². The Hall–Kier alpha value is -0.100. The zero-order valence-electron chi connectivity index (χ0n) is 7.98. The molecule has 0 aliphatic heterocycles. The first-order chi connectivity index (χ1) is 6.69. The van der Waals surface area contributed by atoms with Crippen LogP contribution in [-0.4, -0.2) is 36.5 Å². The lowest BCUT2D eigenvalue weighted by molar-refractivity contribution is 0.218. The van der Waals surface area contributed by atoms with Crippen molar-refractivity contribution in [3.05, 3.63) is 15.9 Å². The molecule has 14 heavy (non-hydrogen) atoms. The maximum absolute atomic E-state index is 9.14. The first-order valence-electron chi connectivity index (χ1n) is 4.37.